The maximum Gasteiger partial charge on any atom is 0.254 e. The van der Waals surface area contributed by atoms with Crippen LogP contribution in [0.3, 0.4) is 0 Å². The molecule has 2 aromatic rings. The molecular formula is C28H37N3O4. The molecule has 5 rings (SSSR count). The number of carbonyl (C=O) groups is 1. The average Bonchev–Trinajstić information content (AvgIpc) is 3.15. The Labute approximate surface area is 207 Å². The van der Waals surface area contributed by atoms with Crippen LogP contribution in [0, 0.1) is 26.7 Å². The monoisotopic (exact) mass is 479 g/mol. The van der Waals surface area contributed by atoms with Crippen molar-refractivity contribution in [3.05, 3.63) is 56.0 Å². The number of benzene rings is 1. The SMILES string of the molecule is Cc1cc(C)c(CN2CCc3cc4c(c(C)c3C2=O)OC(C)([C@H]2CC[C@H](N(C)C)CC2)O4)c(=O)[nH]1. The number of carbonyl (C=O) groups excluding carboxylic acids is 1. The fraction of sp³-hybridized carbons (Fsp3) is 0.571. The van der Waals surface area contributed by atoms with Gasteiger partial charge in [0.05, 0.1) is 6.54 Å². The molecule has 1 saturated carbocycles. The number of nitrogens with one attached hydrogen (secondary N) is 1. The Bertz CT molecular complexity index is 1230. The van der Waals surface area contributed by atoms with Gasteiger partial charge in [-0.05, 0) is 90.2 Å². The molecule has 188 valence electrons. The lowest BCUT2D eigenvalue weighted by Crippen LogP contribution is -2.46. The topological polar surface area (TPSA) is 74.9 Å². The number of H-pyrrole nitrogens is 1. The van der Waals surface area contributed by atoms with E-state index in [1.165, 1.54) is 0 Å². The van der Waals surface area contributed by atoms with Gasteiger partial charge in [-0.1, -0.05) is 0 Å². The van der Waals surface area contributed by atoms with Gasteiger partial charge in [0.25, 0.3) is 17.3 Å². The van der Waals surface area contributed by atoms with Crippen molar-refractivity contribution in [3.8, 4) is 11.5 Å². The molecule has 0 radical (unpaired) electrons. The lowest BCUT2D eigenvalue weighted by atomic mass is 9.81. The summed E-state index contributed by atoms with van der Waals surface area (Å²) in [6, 6.07) is 4.57. The Kier molecular flexibility index (Phi) is 5.94. The molecule has 1 aliphatic carbocycles. The molecule has 3 heterocycles. The summed E-state index contributed by atoms with van der Waals surface area (Å²) in [5, 5.41) is 0. The lowest BCUT2D eigenvalue weighted by Gasteiger charge is -2.39. The number of amides is 1. The van der Waals surface area contributed by atoms with Crippen LogP contribution in [0.5, 0.6) is 11.5 Å². The van der Waals surface area contributed by atoms with Crippen molar-refractivity contribution in [2.24, 2.45) is 5.92 Å². The summed E-state index contributed by atoms with van der Waals surface area (Å²) in [4.78, 5) is 33.1. The predicted molar refractivity (Wildman–Crippen MR) is 135 cm³/mol. The first kappa shape index (κ1) is 23.9. The summed E-state index contributed by atoms with van der Waals surface area (Å²) >= 11 is 0. The molecule has 0 bridgehead atoms. The third kappa shape index (κ3) is 4.14. The Hall–Kier alpha value is -2.80. The summed E-state index contributed by atoms with van der Waals surface area (Å²) in [6.07, 6.45) is 5.12. The normalized spacial score (nSPS) is 25.8. The van der Waals surface area contributed by atoms with Crippen molar-refractivity contribution >= 4 is 5.91 Å². The van der Waals surface area contributed by atoms with Crippen molar-refractivity contribution in [3.63, 3.8) is 0 Å². The molecule has 35 heavy (non-hydrogen) atoms. The summed E-state index contributed by atoms with van der Waals surface area (Å²) in [5.74, 6) is 1.01. The highest BCUT2D eigenvalue weighted by atomic mass is 16.7. The number of hydrogen-bond donors (Lipinski definition) is 1. The number of aromatic nitrogens is 1. The fourth-order valence-electron chi connectivity index (χ4n) is 6.19. The first-order chi connectivity index (χ1) is 16.6. The molecular weight excluding hydrogens is 442 g/mol. The Balaban J connectivity index is 1.38. The third-order valence-corrected chi connectivity index (χ3v) is 8.35. The molecule has 3 aliphatic rings. The second kappa shape index (κ2) is 8.70. The second-order valence-corrected chi connectivity index (χ2v) is 11.0. The molecule has 2 aliphatic heterocycles. The molecule has 1 aromatic carbocycles. The first-order valence-corrected chi connectivity index (χ1v) is 12.8. The van der Waals surface area contributed by atoms with E-state index < -0.39 is 5.79 Å². The van der Waals surface area contributed by atoms with Crippen LogP contribution in [0.4, 0.5) is 0 Å². The first-order valence-electron chi connectivity index (χ1n) is 12.8. The molecule has 0 saturated heterocycles. The van der Waals surface area contributed by atoms with Gasteiger partial charge in [0, 0.05) is 47.8 Å². The molecule has 7 heteroatoms. The third-order valence-electron chi connectivity index (χ3n) is 8.35. The molecule has 1 aromatic heterocycles. The van der Waals surface area contributed by atoms with Crippen LogP contribution in [0.2, 0.25) is 0 Å². The van der Waals surface area contributed by atoms with Crippen molar-refractivity contribution in [2.45, 2.75) is 78.2 Å². The van der Waals surface area contributed by atoms with Gasteiger partial charge in [-0.2, -0.15) is 0 Å². The second-order valence-electron chi connectivity index (χ2n) is 11.0. The van der Waals surface area contributed by atoms with E-state index in [1.807, 2.05) is 39.8 Å². The minimum absolute atomic E-state index is 0.0466. The highest BCUT2D eigenvalue weighted by Crippen LogP contribution is 2.50. The van der Waals surface area contributed by atoms with Gasteiger partial charge in [-0.3, -0.25) is 9.59 Å². The average molecular weight is 480 g/mol. The number of pyridine rings is 1. The number of aromatic amines is 1. The zero-order valence-corrected chi connectivity index (χ0v) is 21.8. The zero-order chi connectivity index (χ0) is 25.1. The standard InChI is InChI=1S/C28H37N3O4/c1-16-13-17(2)29-26(32)22(16)15-31-12-11-19-14-23-25(18(3)24(19)27(31)33)35-28(4,34-23)20-7-9-21(10-8-20)30(5)6/h13-14,20-21H,7-12,15H2,1-6H3,(H,29,32)/t20-,21-,28?. The van der Waals surface area contributed by atoms with Crippen LogP contribution in [-0.4, -0.2) is 53.2 Å². The molecule has 1 fully saturated rings. The number of aryl methyl sites for hydroxylation is 2. The number of ether oxygens (including phenoxy) is 2. The maximum atomic E-state index is 13.6. The molecule has 7 nitrogen and oxygen atoms in total. The van der Waals surface area contributed by atoms with Crippen molar-refractivity contribution in [2.75, 3.05) is 20.6 Å². The van der Waals surface area contributed by atoms with Crippen LogP contribution in [0.15, 0.2) is 16.9 Å². The number of fused-ring (bicyclic) bond motifs is 2. The number of rotatable bonds is 4. The molecule has 1 N–H and O–H groups in total. The van der Waals surface area contributed by atoms with Crippen LogP contribution in [0.25, 0.3) is 0 Å². The van der Waals surface area contributed by atoms with Gasteiger partial charge in [-0.15, -0.1) is 0 Å². The minimum Gasteiger partial charge on any atom is -0.448 e. The van der Waals surface area contributed by atoms with Crippen LogP contribution in [-0.2, 0) is 13.0 Å². The van der Waals surface area contributed by atoms with E-state index in [-0.39, 0.29) is 11.5 Å². The van der Waals surface area contributed by atoms with Gasteiger partial charge < -0.3 is 24.3 Å². The van der Waals surface area contributed by atoms with E-state index in [9.17, 15) is 9.59 Å². The van der Waals surface area contributed by atoms with Crippen LogP contribution >= 0.6 is 0 Å². The minimum atomic E-state index is -0.705. The highest BCUT2D eigenvalue weighted by Gasteiger charge is 2.47. The Morgan fingerprint density at radius 2 is 1.80 bits per heavy atom. The van der Waals surface area contributed by atoms with Crippen LogP contribution < -0.4 is 15.0 Å². The lowest BCUT2D eigenvalue weighted by molar-refractivity contribution is -0.123. The van der Waals surface area contributed by atoms with E-state index in [1.54, 1.807) is 4.90 Å². The van der Waals surface area contributed by atoms with E-state index in [0.717, 1.165) is 60.2 Å². The number of hydrogen-bond acceptors (Lipinski definition) is 5. The largest absolute Gasteiger partial charge is 0.448 e. The van der Waals surface area contributed by atoms with Gasteiger partial charge >= 0.3 is 0 Å². The van der Waals surface area contributed by atoms with Crippen molar-refractivity contribution in [1.29, 1.82) is 0 Å². The summed E-state index contributed by atoms with van der Waals surface area (Å²) in [6.45, 7) is 8.68. The summed E-state index contributed by atoms with van der Waals surface area (Å²) in [5.41, 5.74) is 4.80. The van der Waals surface area contributed by atoms with E-state index in [4.69, 9.17) is 9.47 Å². The maximum absolute atomic E-state index is 13.6. The van der Waals surface area contributed by atoms with Crippen molar-refractivity contribution in [1.82, 2.24) is 14.8 Å². The summed E-state index contributed by atoms with van der Waals surface area (Å²) in [7, 11) is 4.30. The highest BCUT2D eigenvalue weighted by molar-refractivity contribution is 5.99. The Morgan fingerprint density at radius 1 is 1.09 bits per heavy atom. The van der Waals surface area contributed by atoms with Gasteiger partial charge in [0.2, 0.25) is 0 Å². The molecule has 1 amide bonds. The van der Waals surface area contributed by atoms with Gasteiger partial charge in [-0.25, -0.2) is 0 Å². The molecule has 1 atom stereocenters. The quantitative estimate of drug-likeness (QED) is 0.715. The van der Waals surface area contributed by atoms with Gasteiger partial charge in [0.1, 0.15) is 0 Å². The molecule has 0 spiro atoms. The van der Waals surface area contributed by atoms with E-state index in [2.05, 4.69) is 24.0 Å². The predicted octanol–water partition coefficient (Wildman–Crippen LogP) is 4.11. The number of nitrogens with zero attached hydrogens (tertiary/aromatic N) is 2. The van der Waals surface area contributed by atoms with Crippen molar-refractivity contribution < 1.29 is 14.3 Å². The summed E-state index contributed by atoms with van der Waals surface area (Å²) < 4.78 is 13.0. The smallest absolute Gasteiger partial charge is 0.254 e. The zero-order valence-electron chi connectivity index (χ0n) is 21.8. The molecule has 1 unspecified atom stereocenters. The fourth-order valence-corrected chi connectivity index (χ4v) is 6.19. The van der Waals surface area contributed by atoms with E-state index >= 15 is 0 Å². The van der Waals surface area contributed by atoms with Crippen LogP contribution in [0.1, 0.15) is 70.9 Å². The van der Waals surface area contributed by atoms with Gasteiger partial charge in [0.15, 0.2) is 11.5 Å². The van der Waals surface area contributed by atoms with E-state index in [0.29, 0.717) is 41.9 Å². The Morgan fingerprint density at radius 3 is 2.46 bits per heavy atom.